The molecule has 1 aliphatic heterocycles. The highest BCUT2D eigenvalue weighted by Crippen LogP contribution is 2.14. The number of rotatable bonds is 5. The number of amides is 2. The number of piperidine rings is 1. The Labute approximate surface area is 95.7 Å². The Balaban J connectivity index is 2.11. The molecule has 2 amide bonds. The third kappa shape index (κ3) is 5.64. The van der Waals surface area contributed by atoms with Crippen molar-refractivity contribution >= 4 is 11.8 Å². The summed E-state index contributed by atoms with van der Waals surface area (Å²) in [6.45, 7) is -1.32. The highest BCUT2D eigenvalue weighted by Gasteiger charge is 2.28. The van der Waals surface area contributed by atoms with Crippen molar-refractivity contribution < 1.29 is 27.5 Å². The van der Waals surface area contributed by atoms with Crippen LogP contribution >= 0.6 is 0 Å². The van der Waals surface area contributed by atoms with E-state index in [0.717, 1.165) is 0 Å². The molecule has 8 heteroatoms. The van der Waals surface area contributed by atoms with Crippen LogP contribution in [-0.2, 0) is 14.3 Å². The van der Waals surface area contributed by atoms with Gasteiger partial charge in [0.15, 0.2) is 0 Å². The van der Waals surface area contributed by atoms with Crippen molar-refractivity contribution in [3.8, 4) is 0 Å². The standard InChI is InChI=1S/C9H13F3N2O3/c10-9(11,12)5-17-4-3-13-6-1-2-7(15)14-8(6)16/h6,13H,1-5H2,(H,14,15,16). The third-order valence-electron chi connectivity index (χ3n) is 2.14. The van der Waals surface area contributed by atoms with Gasteiger partial charge in [-0.2, -0.15) is 13.2 Å². The number of imide groups is 1. The minimum absolute atomic E-state index is 0.127. The summed E-state index contributed by atoms with van der Waals surface area (Å²) in [5, 5.41) is 4.85. The van der Waals surface area contributed by atoms with E-state index in [1.54, 1.807) is 0 Å². The van der Waals surface area contributed by atoms with Crippen LogP contribution in [0, 0.1) is 0 Å². The SMILES string of the molecule is O=C1CCC(NCCOCC(F)(F)F)C(=O)N1. The number of ether oxygens (including phenoxy) is 1. The van der Waals surface area contributed by atoms with E-state index in [9.17, 15) is 22.8 Å². The zero-order chi connectivity index (χ0) is 12.9. The van der Waals surface area contributed by atoms with Crippen LogP contribution in [0.5, 0.6) is 0 Å². The molecule has 0 aromatic carbocycles. The Bertz CT molecular complexity index is 294. The second-order valence-electron chi connectivity index (χ2n) is 3.63. The lowest BCUT2D eigenvalue weighted by Crippen LogP contribution is -2.51. The van der Waals surface area contributed by atoms with Gasteiger partial charge >= 0.3 is 6.18 Å². The lowest BCUT2D eigenvalue weighted by molar-refractivity contribution is -0.173. The van der Waals surface area contributed by atoms with Crippen molar-refractivity contribution in [2.24, 2.45) is 0 Å². The molecule has 98 valence electrons. The van der Waals surface area contributed by atoms with Crippen LogP contribution < -0.4 is 10.6 Å². The Morgan fingerprint density at radius 2 is 2.12 bits per heavy atom. The van der Waals surface area contributed by atoms with Gasteiger partial charge in [-0.05, 0) is 6.42 Å². The van der Waals surface area contributed by atoms with Gasteiger partial charge in [-0.1, -0.05) is 0 Å². The molecule has 0 radical (unpaired) electrons. The van der Waals surface area contributed by atoms with E-state index in [0.29, 0.717) is 6.42 Å². The highest BCUT2D eigenvalue weighted by atomic mass is 19.4. The molecule has 1 atom stereocenters. The molecule has 0 bridgehead atoms. The van der Waals surface area contributed by atoms with E-state index in [1.807, 2.05) is 0 Å². The molecule has 1 saturated heterocycles. The predicted molar refractivity (Wildman–Crippen MR) is 51.0 cm³/mol. The first-order valence-electron chi connectivity index (χ1n) is 5.10. The van der Waals surface area contributed by atoms with Crippen molar-refractivity contribution in [1.82, 2.24) is 10.6 Å². The van der Waals surface area contributed by atoms with E-state index in [2.05, 4.69) is 15.4 Å². The summed E-state index contributed by atoms with van der Waals surface area (Å²) in [6, 6.07) is -0.540. The van der Waals surface area contributed by atoms with Gasteiger partial charge in [-0.15, -0.1) is 0 Å². The van der Waals surface area contributed by atoms with E-state index < -0.39 is 24.7 Å². The molecule has 2 N–H and O–H groups in total. The van der Waals surface area contributed by atoms with E-state index in [-0.39, 0.29) is 25.5 Å². The smallest absolute Gasteiger partial charge is 0.371 e. The zero-order valence-electron chi connectivity index (χ0n) is 8.97. The number of hydrogen-bond acceptors (Lipinski definition) is 4. The second kappa shape index (κ2) is 5.97. The summed E-state index contributed by atoms with van der Waals surface area (Å²) in [7, 11) is 0. The quantitative estimate of drug-likeness (QED) is 0.533. The largest absolute Gasteiger partial charge is 0.411 e. The van der Waals surface area contributed by atoms with Crippen LogP contribution in [0.2, 0.25) is 0 Å². The first-order valence-corrected chi connectivity index (χ1v) is 5.10. The van der Waals surface area contributed by atoms with Gasteiger partial charge in [-0.3, -0.25) is 14.9 Å². The Hall–Kier alpha value is -1.15. The van der Waals surface area contributed by atoms with Crippen LogP contribution in [-0.4, -0.2) is 43.8 Å². The van der Waals surface area contributed by atoms with Crippen LogP contribution in [0.4, 0.5) is 13.2 Å². The van der Waals surface area contributed by atoms with Crippen molar-refractivity contribution in [2.45, 2.75) is 25.1 Å². The second-order valence-corrected chi connectivity index (χ2v) is 3.63. The number of halogens is 3. The van der Waals surface area contributed by atoms with E-state index >= 15 is 0 Å². The fraction of sp³-hybridized carbons (Fsp3) is 0.778. The lowest BCUT2D eigenvalue weighted by Gasteiger charge is -2.21. The van der Waals surface area contributed by atoms with Gasteiger partial charge in [0.25, 0.3) is 0 Å². The van der Waals surface area contributed by atoms with Crippen LogP contribution in [0.15, 0.2) is 0 Å². The number of carbonyl (C=O) groups is 2. The van der Waals surface area contributed by atoms with E-state index in [4.69, 9.17) is 0 Å². The summed E-state index contributed by atoms with van der Waals surface area (Å²) in [5.74, 6) is -0.779. The highest BCUT2D eigenvalue weighted by molar-refractivity contribution is 6.00. The average molecular weight is 254 g/mol. The molecule has 1 unspecified atom stereocenters. The number of alkyl halides is 3. The molecule has 1 heterocycles. The van der Waals surface area contributed by atoms with Crippen molar-refractivity contribution in [3.05, 3.63) is 0 Å². The van der Waals surface area contributed by atoms with Gasteiger partial charge in [0.05, 0.1) is 12.6 Å². The van der Waals surface area contributed by atoms with Crippen molar-refractivity contribution in [1.29, 1.82) is 0 Å². The van der Waals surface area contributed by atoms with Gasteiger partial charge in [0, 0.05) is 13.0 Å². The van der Waals surface area contributed by atoms with Gasteiger partial charge in [-0.25, -0.2) is 0 Å². The van der Waals surface area contributed by atoms with Gasteiger partial charge in [0.2, 0.25) is 11.8 Å². The first-order chi connectivity index (χ1) is 7.88. The van der Waals surface area contributed by atoms with Crippen molar-refractivity contribution in [3.63, 3.8) is 0 Å². The van der Waals surface area contributed by atoms with Crippen molar-refractivity contribution in [2.75, 3.05) is 19.8 Å². The zero-order valence-corrected chi connectivity index (χ0v) is 8.97. The molecule has 0 aliphatic carbocycles. The molecular weight excluding hydrogens is 241 g/mol. The summed E-state index contributed by atoms with van der Waals surface area (Å²) in [5.41, 5.74) is 0. The maximum absolute atomic E-state index is 11.7. The molecule has 17 heavy (non-hydrogen) atoms. The minimum Gasteiger partial charge on any atom is -0.371 e. The monoisotopic (exact) mass is 254 g/mol. The molecule has 1 rings (SSSR count). The molecule has 0 spiro atoms. The Morgan fingerprint density at radius 1 is 1.41 bits per heavy atom. The molecule has 1 fully saturated rings. The normalized spacial score (nSPS) is 21.5. The summed E-state index contributed by atoms with van der Waals surface area (Å²) >= 11 is 0. The number of nitrogens with one attached hydrogen (secondary N) is 2. The first kappa shape index (κ1) is 13.9. The molecular formula is C9H13F3N2O3. The molecule has 5 nitrogen and oxygen atoms in total. The summed E-state index contributed by atoms with van der Waals surface area (Å²) < 4.78 is 39.4. The fourth-order valence-electron chi connectivity index (χ4n) is 1.38. The molecule has 0 aromatic heterocycles. The summed E-state index contributed by atoms with van der Waals surface area (Å²) in [6.07, 6.45) is -3.76. The number of hydrogen-bond donors (Lipinski definition) is 2. The molecule has 0 aromatic rings. The Morgan fingerprint density at radius 3 is 2.71 bits per heavy atom. The Kier molecular flexibility index (Phi) is 4.88. The van der Waals surface area contributed by atoms with Crippen LogP contribution in [0.25, 0.3) is 0 Å². The van der Waals surface area contributed by atoms with Crippen LogP contribution in [0.3, 0.4) is 0 Å². The number of carbonyl (C=O) groups excluding carboxylic acids is 2. The lowest BCUT2D eigenvalue weighted by atomic mass is 10.1. The van der Waals surface area contributed by atoms with Gasteiger partial charge < -0.3 is 10.1 Å². The fourth-order valence-corrected chi connectivity index (χ4v) is 1.38. The van der Waals surface area contributed by atoms with Gasteiger partial charge in [0.1, 0.15) is 6.61 Å². The molecule has 1 aliphatic rings. The molecule has 0 saturated carbocycles. The van der Waals surface area contributed by atoms with E-state index in [1.165, 1.54) is 0 Å². The maximum Gasteiger partial charge on any atom is 0.411 e. The third-order valence-corrected chi connectivity index (χ3v) is 2.14. The topological polar surface area (TPSA) is 67.4 Å². The maximum atomic E-state index is 11.7. The minimum atomic E-state index is -4.34. The summed E-state index contributed by atoms with van der Waals surface area (Å²) in [4.78, 5) is 22.0. The predicted octanol–water partition coefficient (Wildman–Crippen LogP) is -0.0399. The van der Waals surface area contributed by atoms with Crippen LogP contribution in [0.1, 0.15) is 12.8 Å². The average Bonchev–Trinajstić information content (AvgIpc) is 2.18.